The van der Waals surface area contributed by atoms with Crippen LogP contribution in [-0.2, 0) is 14.9 Å². The van der Waals surface area contributed by atoms with Gasteiger partial charge >= 0.3 is 5.97 Å². The molecule has 0 radical (unpaired) electrons. The number of hydrogen-bond donors (Lipinski definition) is 0. The van der Waals surface area contributed by atoms with Gasteiger partial charge in [-0.05, 0) is 49.7 Å². The molecule has 0 saturated carbocycles. The molecule has 3 aromatic rings. The fourth-order valence-electron chi connectivity index (χ4n) is 3.30. The zero-order chi connectivity index (χ0) is 25.9. The van der Waals surface area contributed by atoms with E-state index < -0.39 is 17.5 Å². The summed E-state index contributed by atoms with van der Waals surface area (Å²) < 4.78 is 18.2. The fraction of sp³-hybridized carbons (Fsp3) is 0.360. The Labute approximate surface area is 217 Å². The second-order valence-electron chi connectivity index (χ2n) is 8.75. The molecule has 1 heterocycles. The largest absolute Gasteiger partial charge is 0.490 e. The highest BCUT2D eigenvalue weighted by atomic mass is 79.9. The Hall–Kier alpha value is -2.91. The van der Waals surface area contributed by atoms with Crippen LogP contribution in [0.5, 0.6) is 11.5 Å². The lowest BCUT2D eigenvalue weighted by Gasteiger charge is -2.21. The molecule has 35 heavy (non-hydrogen) atoms. The molecule has 0 aliphatic carbocycles. The van der Waals surface area contributed by atoms with Crippen LogP contribution in [0.4, 0.5) is 0 Å². The van der Waals surface area contributed by atoms with Gasteiger partial charge in [-0.1, -0.05) is 48.3 Å². The van der Waals surface area contributed by atoms with E-state index in [1.807, 2.05) is 33.8 Å². The summed E-state index contributed by atoms with van der Waals surface area (Å²) in [5.41, 5.74) is 0.420. The molecule has 0 bridgehead atoms. The standard InChI is InChI=1S/C25H27BrClN3O5/c1-7-34-20-11-15(10-18(27)21(20)35-14(2)23(32)33-6)13-28-30-22(31)17-12-16(26)8-9-19(17)29-24(30)25(3,4)5/h8-14H,7H2,1-6H3/t14-/m0/s1. The van der Waals surface area contributed by atoms with E-state index in [-0.39, 0.29) is 16.3 Å². The quantitative estimate of drug-likeness (QED) is 0.284. The summed E-state index contributed by atoms with van der Waals surface area (Å²) in [5.74, 6) is 0.518. The van der Waals surface area contributed by atoms with Gasteiger partial charge in [-0.15, -0.1) is 0 Å². The van der Waals surface area contributed by atoms with Gasteiger partial charge in [-0.25, -0.2) is 9.78 Å². The van der Waals surface area contributed by atoms with E-state index in [2.05, 4.69) is 21.0 Å². The number of aromatic nitrogens is 2. The number of hydrogen-bond acceptors (Lipinski definition) is 7. The van der Waals surface area contributed by atoms with Gasteiger partial charge in [-0.2, -0.15) is 9.78 Å². The van der Waals surface area contributed by atoms with Crippen LogP contribution in [0, 0.1) is 0 Å². The van der Waals surface area contributed by atoms with Crippen molar-refractivity contribution in [3.05, 3.63) is 61.6 Å². The highest BCUT2D eigenvalue weighted by molar-refractivity contribution is 9.10. The third kappa shape index (κ3) is 6.02. The number of ether oxygens (including phenoxy) is 3. The van der Waals surface area contributed by atoms with E-state index in [0.717, 1.165) is 4.47 Å². The maximum atomic E-state index is 13.3. The summed E-state index contributed by atoms with van der Waals surface area (Å²) in [6.07, 6.45) is 0.622. The van der Waals surface area contributed by atoms with Crippen molar-refractivity contribution < 1.29 is 19.0 Å². The SMILES string of the molecule is CCOc1cc(C=Nn2c(C(C)(C)C)nc3ccc(Br)cc3c2=O)cc(Cl)c1O[C@@H](C)C(=O)OC. The van der Waals surface area contributed by atoms with E-state index >= 15 is 0 Å². The van der Waals surface area contributed by atoms with Gasteiger partial charge in [0.2, 0.25) is 0 Å². The van der Waals surface area contributed by atoms with Crippen molar-refractivity contribution in [3.8, 4) is 11.5 Å². The van der Waals surface area contributed by atoms with Gasteiger partial charge in [0.15, 0.2) is 17.6 Å². The van der Waals surface area contributed by atoms with E-state index in [4.69, 9.17) is 30.8 Å². The molecule has 0 amide bonds. The molecule has 0 aliphatic heterocycles. The summed E-state index contributed by atoms with van der Waals surface area (Å²) in [5, 5.41) is 5.13. The molecule has 0 spiro atoms. The number of carbonyl (C=O) groups is 1. The van der Waals surface area contributed by atoms with Gasteiger partial charge in [0.1, 0.15) is 5.82 Å². The Bertz CT molecular complexity index is 1350. The van der Waals surface area contributed by atoms with Crippen LogP contribution in [0.2, 0.25) is 5.02 Å². The van der Waals surface area contributed by atoms with E-state index in [1.54, 1.807) is 31.2 Å². The molecule has 0 N–H and O–H groups in total. The van der Waals surface area contributed by atoms with E-state index in [0.29, 0.717) is 34.6 Å². The van der Waals surface area contributed by atoms with Crippen LogP contribution >= 0.6 is 27.5 Å². The maximum absolute atomic E-state index is 13.3. The molecule has 1 atom stereocenters. The molecular weight excluding hydrogens is 538 g/mol. The summed E-state index contributed by atoms with van der Waals surface area (Å²) in [4.78, 5) is 29.8. The van der Waals surface area contributed by atoms with Crippen molar-refractivity contribution in [2.45, 2.75) is 46.1 Å². The van der Waals surface area contributed by atoms with Gasteiger partial charge in [0.05, 0.1) is 35.9 Å². The molecule has 8 nitrogen and oxygen atoms in total. The average molecular weight is 565 g/mol. The number of methoxy groups -OCH3 is 1. The molecule has 186 valence electrons. The Kier molecular flexibility index (Phi) is 8.22. The van der Waals surface area contributed by atoms with Crippen LogP contribution in [0.25, 0.3) is 10.9 Å². The summed E-state index contributed by atoms with van der Waals surface area (Å²) in [7, 11) is 1.28. The zero-order valence-corrected chi connectivity index (χ0v) is 22.7. The fourth-order valence-corrected chi connectivity index (χ4v) is 3.92. The van der Waals surface area contributed by atoms with Crippen LogP contribution in [0.15, 0.2) is 44.7 Å². The Balaban J connectivity index is 2.11. The van der Waals surface area contributed by atoms with Crippen molar-refractivity contribution in [2.75, 3.05) is 13.7 Å². The number of halogens is 2. The van der Waals surface area contributed by atoms with Crippen LogP contribution in [-0.4, -0.2) is 41.7 Å². The molecule has 10 heteroatoms. The monoisotopic (exact) mass is 563 g/mol. The second-order valence-corrected chi connectivity index (χ2v) is 10.1. The first kappa shape index (κ1) is 26.7. The number of esters is 1. The van der Waals surface area contributed by atoms with Crippen molar-refractivity contribution in [1.82, 2.24) is 9.66 Å². The normalized spacial score (nSPS) is 12.7. The molecule has 1 aromatic heterocycles. The lowest BCUT2D eigenvalue weighted by atomic mass is 9.95. The number of nitrogens with zero attached hydrogens (tertiary/aromatic N) is 3. The first-order chi connectivity index (χ1) is 16.5. The molecule has 3 rings (SSSR count). The third-order valence-electron chi connectivity index (χ3n) is 4.96. The predicted molar refractivity (Wildman–Crippen MR) is 140 cm³/mol. The number of benzene rings is 2. The molecule has 2 aromatic carbocycles. The molecule has 0 saturated heterocycles. The van der Waals surface area contributed by atoms with Crippen molar-refractivity contribution in [1.29, 1.82) is 0 Å². The van der Waals surface area contributed by atoms with Gasteiger partial charge < -0.3 is 14.2 Å². The first-order valence-corrected chi connectivity index (χ1v) is 12.1. The first-order valence-electron chi connectivity index (χ1n) is 10.9. The third-order valence-corrected chi connectivity index (χ3v) is 5.73. The minimum atomic E-state index is -0.882. The molecule has 0 aliphatic rings. The minimum Gasteiger partial charge on any atom is -0.490 e. The Morgan fingerprint density at radius 1 is 1.29 bits per heavy atom. The lowest BCUT2D eigenvalue weighted by molar-refractivity contribution is -0.147. The van der Waals surface area contributed by atoms with Crippen molar-refractivity contribution in [3.63, 3.8) is 0 Å². The van der Waals surface area contributed by atoms with Gasteiger partial charge in [-0.3, -0.25) is 4.79 Å². The summed E-state index contributed by atoms with van der Waals surface area (Å²) in [6.45, 7) is 9.60. The average Bonchev–Trinajstić information content (AvgIpc) is 2.79. The predicted octanol–water partition coefficient (Wildman–Crippen LogP) is 5.33. The number of rotatable bonds is 7. The van der Waals surface area contributed by atoms with Crippen LogP contribution < -0.4 is 15.0 Å². The number of carbonyl (C=O) groups excluding carboxylic acids is 1. The maximum Gasteiger partial charge on any atom is 0.346 e. The van der Waals surface area contributed by atoms with Crippen LogP contribution in [0.3, 0.4) is 0 Å². The van der Waals surface area contributed by atoms with Gasteiger partial charge in [0, 0.05) is 9.89 Å². The smallest absolute Gasteiger partial charge is 0.346 e. The van der Waals surface area contributed by atoms with E-state index in [1.165, 1.54) is 18.0 Å². The Morgan fingerprint density at radius 2 is 2.00 bits per heavy atom. The lowest BCUT2D eigenvalue weighted by Crippen LogP contribution is -2.29. The Morgan fingerprint density at radius 3 is 2.63 bits per heavy atom. The van der Waals surface area contributed by atoms with Gasteiger partial charge in [0.25, 0.3) is 5.56 Å². The number of fused-ring (bicyclic) bond motifs is 1. The summed E-state index contributed by atoms with van der Waals surface area (Å²) >= 11 is 9.88. The van der Waals surface area contributed by atoms with Crippen molar-refractivity contribution in [2.24, 2.45) is 5.10 Å². The van der Waals surface area contributed by atoms with Crippen LogP contribution in [0.1, 0.15) is 46.0 Å². The van der Waals surface area contributed by atoms with Crippen molar-refractivity contribution >= 4 is 50.6 Å². The second kappa shape index (κ2) is 10.8. The summed E-state index contributed by atoms with van der Waals surface area (Å²) in [6, 6.07) is 8.65. The minimum absolute atomic E-state index is 0.216. The van der Waals surface area contributed by atoms with E-state index in [9.17, 15) is 9.59 Å². The highest BCUT2D eigenvalue weighted by Gasteiger charge is 2.23. The zero-order valence-electron chi connectivity index (χ0n) is 20.4. The molecule has 0 unspecified atom stereocenters. The molecular formula is C25H27BrClN3O5. The molecule has 0 fully saturated rings. The highest BCUT2D eigenvalue weighted by Crippen LogP contribution is 2.37. The topological polar surface area (TPSA) is 92.0 Å².